The molecular formula is C115H214O2. The van der Waals surface area contributed by atoms with Crippen molar-refractivity contribution in [2.45, 2.75) is 535 Å². The van der Waals surface area contributed by atoms with Crippen molar-refractivity contribution in [2.75, 3.05) is 0 Å². The van der Waals surface area contributed by atoms with Gasteiger partial charge in [0.15, 0.2) is 0 Å². The minimum atomic E-state index is 0. The van der Waals surface area contributed by atoms with Crippen molar-refractivity contribution in [3.8, 4) is 0 Å². The van der Waals surface area contributed by atoms with E-state index >= 15 is 0 Å². The van der Waals surface area contributed by atoms with Gasteiger partial charge in [0.25, 0.3) is 0 Å². The third-order valence-electron chi connectivity index (χ3n) is 40.9. The Labute approximate surface area is 736 Å². The molecule has 0 radical (unpaired) electrons. The maximum Gasteiger partial charge on any atom is 0 e. The van der Waals surface area contributed by atoms with Crippen molar-refractivity contribution in [1.29, 1.82) is 0 Å². The standard InChI is InChI=1S/C24H44.C18H26.C17H32.C16H28.C16H30.C12H22.C10H20.C2H6.2H2O.H2/c1-5-19-7-9-21(10-8-19)22-11-13-23(14-12-22)24-16-15-20(6-2)17(3)18(24)4;1-3-15-5-7-16(8-6-15)18-12-9-17(4-2,10-13-18)11-14-18;1-3-14-5-9-16(10-6-14)13-17-11-7-15(4-2)8-12-17;1-3-5-11-7-14-13-9-12(6-4-2)15(10-13)16(14)8-11;1-3-13-5-9-15(10-6-13)16-11-7-14(4-2)8-12-16;1-3-11-5-8-12(4-2,9-6-11)10-7-11;1-3-9-5-7-10(4-2)8-6-9;1-2;;;/h17-24H,5-16H2,1-4H3;5-8H,3-4,9-14H2,1-2H3;14-17H,3-13H2,1-2H3;11-16H,3-10H2,1-2H3;13-16H,3-12H2,1-2H3;3-10H2,1-2H3;9-10H,3-8H2,1-2H3;1-2H3;2*1H2;1H. The van der Waals surface area contributed by atoms with Crippen LogP contribution in [0.2, 0.25) is 0 Å². The fourth-order valence-corrected chi connectivity index (χ4v) is 30.9. The number of fused-ring (bicyclic) bond motifs is 11. The van der Waals surface area contributed by atoms with Crippen molar-refractivity contribution < 1.29 is 12.4 Å². The third-order valence-corrected chi connectivity index (χ3v) is 40.9. The van der Waals surface area contributed by atoms with Crippen molar-refractivity contribution in [2.24, 2.45) is 158 Å². The van der Waals surface area contributed by atoms with Gasteiger partial charge in [-0.25, -0.2) is 0 Å². The Balaban J connectivity index is 0.000000215. The first-order chi connectivity index (χ1) is 55.9. The molecule has 0 amide bonds. The number of rotatable bonds is 22. The Morgan fingerprint density at radius 1 is 0.265 bits per heavy atom. The molecule has 686 valence electrons. The SMILES string of the molecule is CC.CCC12CCC(CC)(CC1)CC2.CCC1CCC(C2CCC(C3CCC(CC)C(C)C3C)CC2)CC1.CCC1CCC(C2CCC(CC)CC2)CC1.CCC1CCC(CC)CC1.CCC1CCC(CC2CCC(CC)CC2)CC1.CCCC1CC2C3CC(CCC)C(C3)C2C1.CCc1ccc(C23CCC(CC)(CC2)CC3)cc1.O.O.[HH]. The van der Waals surface area contributed by atoms with E-state index in [1.165, 1.54) is 287 Å². The predicted molar refractivity (Wildman–Crippen MR) is 521 cm³/mol. The molecule has 1 aromatic rings. The highest BCUT2D eigenvalue weighted by Gasteiger charge is 2.55. The zero-order chi connectivity index (χ0) is 82.4. The van der Waals surface area contributed by atoms with E-state index in [2.05, 4.69) is 135 Å². The molecule has 17 aliphatic rings. The van der Waals surface area contributed by atoms with Gasteiger partial charge in [-0.05, 0) is 367 Å². The van der Waals surface area contributed by atoms with Crippen LogP contribution in [0.5, 0.6) is 0 Å². The highest BCUT2D eigenvalue weighted by molar-refractivity contribution is 5.31. The van der Waals surface area contributed by atoms with Crippen LogP contribution in [-0.4, -0.2) is 11.0 Å². The van der Waals surface area contributed by atoms with E-state index in [-0.39, 0.29) is 12.4 Å². The van der Waals surface area contributed by atoms with Crippen LogP contribution in [0.1, 0.15) is 535 Å². The topological polar surface area (TPSA) is 63.0 Å². The molecule has 4 N–H and O–H groups in total. The Morgan fingerprint density at radius 2 is 0.581 bits per heavy atom. The molecule has 17 aliphatic carbocycles. The van der Waals surface area contributed by atoms with Crippen LogP contribution in [0, 0.1) is 158 Å². The Morgan fingerprint density at radius 3 is 0.906 bits per heavy atom. The summed E-state index contributed by atoms with van der Waals surface area (Å²) < 4.78 is 0. The fourth-order valence-electron chi connectivity index (χ4n) is 30.9. The molecule has 0 heterocycles. The smallest absolute Gasteiger partial charge is 0 e. The summed E-state index contributed by atoms with van der Waals surface area (Å²) in [6.45, 7) is 42.3. The number of hydrogen-bond acceptors (Lipinski definition) is 0. The van der Waals surface area contributed by atoms with Gasteiger partial charge in [-0.1, -0.05) is 361 Å². The van der Waals surface area contributed by atoms with Gasteiger partial charge in [0, 0.05) is 1.43 Å². The molecule has 117 heavy (non-hydrogen) atoms. The van der Waals surface area contributed by atoms with E-state index in [9.17, 15) is 0 Å². The molecule has 1 aromatic carbocycles. The summed E-state index contributed by atoms with van der Waals surface area (Å²) in [5.74, 6) is 26.1. The molecule has 2 heteroatoms. The van der Waals surface area contributed by atoms with Crippen molar-refractivity contribution in [1.82, 2.24) is 0 Å². The second kappa shape index (κ2) is 53.1. The van der Waals surface area contributed by atoms with E-state index in [1.807, 2.05) is 13.8 Å². The van der Waals surface area contributed by atoms with Crippen molar-refractivity contribution >= 4 is 0 Å². The fraction of sp³-hybridized carbons (Fsp3) is 0.948. The Kier molecular flexibility index (Phi) is 46.8. The van der Waals surface area contributed by atoms with Crippen LogP contribution in [0.25, 0.3) is 0 Å². The van der Waals surface area contributed by atoms with E-state index in [4.69, 9.17) is 0 Å². The van der Waals surface area contributed by atoms with Gasteiger partial charge in [-0.15, -0.1) is 0 Å². The maximum atomic E-state index is 2.59. The summed E-state index contributed by atoms with van der Waals surface area (Å²) >= 11 is 0. The molecule has 0 aromatic heterocycles. The van der Waals surface area contributed by atoms with Gasteiger partial charge < -0.3 is 11.0 Å². The molecule has 0 spiro atoms. The van der Waals surface area contributed by atoms with Gasteiger partial charge >= 0.3 is 0 Å². The molecule has 17 fully saturated rings. The van der Waals surface area contributed by atoms with Crippen LogP contribution in [0.15, 0.2) is 24.3 Å². The van der Waals surface area contributed by atoms with E-state index in [0.29, 0.717) is 5.41 Å². The molecule has 0 saturated heterocycles. The molecule has 0 aliphatic heterocycles. The largest absolute Gasteiger partial charge is 0.412 e. The Bertz CT molecular complexity index is 2510. The summed E-state index contributed by atoms with van der Waals surface area (Å²) in [6.07, 6.45) is 94.9. The van der Waals surface area contributed by atoms with E-state index < -0.39 is 0 Å². The average Bonchev–Trinajstić information content (AvgIpc) is 1.59. The highest BCUT2D eigenvalue weighted by atomic mass is 16.0. The van der Waals surface area contributed by atoms with Crippen molar-refractivity contribution in [3.63, 3.8) is 0 Å². The summed E-state index contributed by atoms with van der Waals surface area (Å²) in [4.78, 5) is 0. The van der Waals surface area contributed by atoms with Crippen LogP contribution in [-0.2, 0) is 11.8 Å². The second-order valence-corrected chi connectivity index (χ2v) is 45.7. The monoisotopic (exact) mass is 1630 g/mol. The molecule has 6 bridgehead atoms. The van der Waals surface area contributed by atoms with Crippen LogP contribution in [0.4, 0.5) is 0 Å². The molecule has 10 atom stereocenters. The summed E-state index contributed by atoms with van der Waals surface area (Å²) in [7, 11) is 0. The van der Waals surface area contributed by atoms with Crippen LogP contribution >= 0.6 is 0 Å². The third kappa shape index (κ3) is 29.1. The lowest BCUT2D eigenvalue weighted by molar-refractivity contribution is -0.0134. The summed E-state index contributed by atoms with van der Waals surface area (Å²) in [5, 5.41) is 0. The number of benzene rings is 1. The summed E-state index contributed by atoms with van der Waals surface area (Å²) in [5.41, 5.74) is 5.98. The van der Waals surface area contributed by atoms with Gasteiger partial charge in [0.2, 0.25) is 0 Å². The normalized spacial score (nSPS) is 40.9. The lowest BCUT2D eigenvalue weighted by atomic mass is 9.51. The highest BCUT2D eigenvalue weighted by Crippen LogP contribution is 2.65. The minimum Gasteiger partial charge on any atom is -0.412 e. The quantitative estimate of drug-likeness (QED) is 0.111. The molecule has 17 saturated carbocycles. The number of hydrogen-bond donors (Lipinski definition) is 0. The second-order valence-electron chi connectivity index (χ2n) is 45.7. The number of aryl methyl sites for hydroxylation is 1. The maximum absolute atomic E-state index is 2.59. The van der Waals surface area contributed by atoms with Crippen molar-refractivity contribution in [3.05, 3.63) is 35.4 Å². The Hall–Kier alpha value is -0.860. The predicted octanol–water partition coefficient (Wildman–Crippen LogP) is 36.5. The van der Waals surface area contributed by atoms with Gasteiger partial charge in [0.05, 0.1) is 0 Å². The molecular weight excluding hydrogens is 1410 g/mol. The van der Waals surface area contributed by atoms with Gasteiger partial charge in [0.1, 0.15) is 0 Å². The summed E-state index contributed by atoms with van der Waals surface area (Å²) in [6, 6.07) is 9.53. The molecule has 2 nitrogen and oxygen atoms in total. The lowest BCUT2D eigenvalue weighted by Gasteiger charge is -2.54. The molecule has 18 rings (SSSR count). The van der Waals surface area contributed by atoms with Crippen LogP contribution < -0.4 is 0 Å². The van der Waals surface area contributed by atoms with Gasteiger partial charge in [-0.3, -0.25) is 0 Å². The van der Waals surface area contributed by atoms with E-state index in [1.54, 1.807) is 134 Å². The first-order valence-corrected chi connectivity index (χ1v) is 55.0. The minimum absolute atomic E-state index is 0. The zero-order valence-corrected chi connectivity index (χ0v) is 82.7. The lowest BCUT2D eigenvalue weighted by Crippen LogP contribution is -2.43. The average molecular weight is 1630 g/mol. The first-order valence-electron chi connectivity index (χ1n) is 55.0. The van der Waals surface area contributed by atoms with Gasteiger partial charge in [-0.2, -0.15) is 0 Å². The zero-order valence-electron chi connectivity index (χ0n) is 82.7. The first kappa shape index (κ1) is 103. The van der Waals surface area contributed by atoms with Crippen LogP contribution in [0.3, 0.4) is 0 Å². The molecule has 10 unspecified atom stereocenters. The van der Waals surface area contributed by atoms with E-state index in [0.717, 1.165) is 153 Å².